The van der Waals surface area contributed by atoms with E-state index in [-0.39, 0.29) is 12.1 Å². The number of anilines is 2. The van der Waals surface area contributed by atoms with Crippen molar-refractivity contribution in [1.29, 1.82) is 0 Å². The number of methoxy groups -OCH3 is 1. The summed E-state index contributed by atoms with van der Waals surface area (Å²) in [7, 11) is 1.67. The van der Waals surface area contributed by atoms with Crippen molar-refractivity contribution in [2.24, 2.45) is 0 Å². The number of benzene rings is 3. The van der Waals surface area contributed by atoms with Gasteiger partial charge < -0.3 is 20.3 Å². The van der Waals surface area contributed by atoms with Crippen molar-refractivity contribution < 1.29 is 9.53 Å². The molecule has 0 radical (unpaired) electrons. The van der Waals surface area contributed by atoms with E-state index in [1.807, 2.05) is 65.6 Å². The number of fused-ring (bicyclic) bond motifs is 1. The van der Waals surface area contributed by atoms with E-state index < -0.39 is 0 Å². The Bertz CT molecular complexity index is 1370. The minimum atomic E-state index is -0.120. The third kappa shape index (κ3) is 7.87. The number of amides is 2. The number of carbonyl (C=O) groups is 1. The zero-order valence-corrected chi connectivity index (χ0v) is 23.8. The second kappa shape index (κ2) is 13.3. The van der Waals surface area contributed by atoms with Crippen molar-refractivity contribution in [2.75, 3.05) is 24.3 Å². The lowest BCUT2D eigenvalue weighted by atomic mass is 10.0. The molecule has 204 valence electrons. The molecule has 2 amide bonds. The molecular weight excluding hydrogens is 508 g/mol. The first kappa shape index (κ1) is 28.2. The number of pyridine rings is 1. The number of hydrogen-bond donors (Lipinski definition) is 2. The van der Waals surface area contributed by atoms with Gasteiger partial charge in [0.1, 0.15) is 5.75 Å². The molecule has 0 aliphatic rings. The highest BCUT2D eigenvalue weighted by atomic mass is 35.5. The number of carbonyl (C=O) groups excluding carboxylic acids is 1. The van der Waals surface area contributed by atoms with Gasteiger partial charge in [-0.15, -0.1) is 0 Å². The van der Waals surface area contributed by atoms with Crippen LogP contribution in [0, 0.1) is 0 Å². The van der Waals surface area contributed by atoms with E-state index in [9.17, 15) is 4.79 Å². The van der Waals surface area contributed by atoms with Crippen LogP contribution in [-0.4, -0.2) is 35.6 Å². The Morgan fingerprint density at radius 3 is 2.46 bits per heavy atom. The Morgan fingerprint density at radius 1 is 1.03 bits per heavy atom. The van der Waals surface area contributed by atoms with Crippen LogP contribution in [0.5, 0.6) is 5.75 Å². The van der Waals surface area contributed by atoms with Crippen LogP contribution in [0.1, 0.15) is 50.7 Å². The van der Waals surface area contributed by atoms with Crippen LogP contribution in [0.15, 0.2) is 79.0 Å². The quantitative estimate of drug-likeness (QED) is 0.199. The van der Waals surface area contributed by atoms with Crippen LogP contribution in [0.3, 0.4) is 0 Å². The molecule has 4 rings (SSSR count). The summed E-state index contributed by atoms with van der Waals surface area (Å²) in [6, 6.07) is 23.7. The highest BCUT2D eigenvalue weighted by Crippen LogP contribution is 2.28. The first-order valence-electron chi connectivity index (χ1n) is 13.4. The van der Waals surface area contributed by atoms with Gasteiger partial charge in [-0.25, -0.2) is 4.79 Å². The molecule has 1 atom stereocenters. The van der Waals surface area contributed by atoms with Crippen molar-refractivity contribution in [3.05, 3.63) is 95.1 Å². The topological polar surface area (TPSA) is 66.5 Å². The Hall–Kier alpha value is -3.77. The molecule has 0 spiro atoms. The Morgan fingerprint density at radius 2 is 1.77 bits per heavy atom. The standard InChI is InChI=1S/C32H37ClN4O2/c1-22(2)25-11-15-28(16-12-25)36-32(38)37(21-24-9-13-27(33)14-10-24)18-6-7-23(3)35-30-20-29(39-4)19-26-8-5-17-34-31(26)30/h5,8-17,19-20,22-23,35H,6-7,18,21H2,1-4H3,(H,36,38). The zero-order chi connectivity index (χ0) is 27.8. The number of hydrogen-bond acceptors (Lipinski definition) is 4. The highest BCUT2D eigenvalue weighted by Gasteiger charge is 2.16. The van der Waals surface area contributed by atoms with Crippen molar-refractivity contribution >= 4 is 39.9 Å². The number of nitrogens with zero attached hydrogens (tertiary/aromatic N) is 2. The molecule has 3 aromatic carbocycles. The average Bonchev–Trinajstić information content (AvgIpc) is 2.93. The molecule has 6 nitrogen and oxygen atoms in total. The van der Waals surface area contributed by atoms with E-state index in [0.717, 1.165) is 46.4 Å². The Balaban J connectivity index is 1.41. The molecule has 1 heterocycles. The Labute approximate surface area is 236 Å². The van der Waals surface area contributed by atoms with Crippen molar-refractivity contribution in [2.45, 2.75) is 52.1 Å². The van der Waals surface area contributed by atoms with Gasteiger partial charge in [0.05, 0.1) is 18.3 Å². The molecular formula is C32H37ClN4O2. The van der Waals surface area contributed by atoms with Crippen LogP contribution < -0.4 is 15.4 Å². The van der Waals surface area contributed by atoms with Gasteiger partial charge >= 0.3 is 6.03 Å². The lowest BCUT2D eigenvalue weighted by Gasteiger charge is -2.25. The van der Waals surface area contributed by atoms with Gasteiger partial charge in [-0.2, -0.15) is 0 Å². The van der Waals surface area contributed by atoms with E-state index >= 15 is 0 Å². The lowest BCUT2D eigenvalue weighted by Crippen LogP contribution is -2.35. The minimum absolute atomic E-state index is 0.120. The van der Waals surface area contributed by atoms with Gasteiger partial charge in [-0.1, -0.05) is 55.8 Å². The van der Waals surface area contributed by atoms with Crippen LogP contribution >= 0.6 is 11.6 Å². The van der Waals surface area contributed by atoms with E-state index in [4.69, 9.17) is 16.3 Å². The third-order valence-corrected chi connectivity index (χ3v) is 7.04. The second-order valence-corrected chi connectivity index (χ2v) is 10.6. The maximum atomic E-state index is 13.3. The van der Waals surface area contributed by atoms with Crippen molar-refractivity contribution in [3.63, 3.8) is 0 Å². The monoisotopic (exact) mass is 544 g/mol. The summed E-state index contributed by atoms with van der Waals surface area (Å²) in [5, 5.41) is 8.38. The number of aromatic nitrogens is 1. The van der Waals surface area contributed by atoms with Gasteiger partial charge in [0.25, 0.3) is 0 Å². The molecule has 4 aromatic rings. The lowest BCUT2D eigenvalue weighted by molar-refractivity contribution is 0.207. The van der Waals surface area contributed by atoms with E-state index in [2.05, 4.69) is 48.5 Å². The number of nitrogens with one attached hydrogen (secondary N) is 2. The van der Waals surface area contributed by atoms with Crippen LogP contribution in [0.4, 0.5) is 16.2 Å². The fraction of sp³-hybridized carbons (Fsp3) is 0.312. The predicted molar refractivity (Wildman–Crippen MR) is 162 cm³/mol. The Kier molecular flexibility index (Phi) is 9.66. The van der Waals surface area contributed by atoms with E-state index in [0.29, 0.717) is 24.0 Å². The summed E-state index contributed by atoms with van der Waals surface area (Å²) < 4.78 is 5.49. The van der Waals surface area contributed by atoms with Gasteiger partial charge in [-0.05, 0) is 73.2 Å². The molecule has 0 saturated heterocycles. The molecule has 0 aliphatic carbocycles. The smallest absolute Gasteiger partial charge is 0.322 e. The van der Waals surface area contributed by atoms with E-state index in [1.165, 1.54) is 5.56 Å². The van der Waals surface area contributed by atoms with E-state index in [1.54, 1.807) is 13.3 Å². The highest BCUT2D eigenvalue weighted by molar-refractivity contribution is 6.30. The summed E-state index contributed by atoms with van der Waals surface area (Å²) in [4.78, 5) is 19.8. The molecule has 0 bridgehead atoms. The summed E-state index contributed by atoms with van der Waals surface area (Å²) in [6.07, 6.45) is 3.50. The van der Waals surface area contributed by atoms with Crippen molar-refractivity contribution in [1.82, 2.24) is 9.88 Å². The first-order chi connectivity index (χ1) is 18.8. The molecule has 1 unspecified atom stereocenters. The second-order valence-electron chi connectivity index (χ2n) is 10.2. The zero-order valence-electron chi connectivity index (χ0n) is 23.1. The molecule has 0 fully saturated rings. The summed E-state index contributed by atoms with van der Waals surface area (Å²) >= 11 is 6.08. The number of ether oxygens (including phenoxy) is 1. The average molecular weight is 545 g/mol. The fourth-order valence-corrected chi connectivity index (χ4v) is 4.66. The van der Waals surface area contributed by atoms with Gasteiger partial charge in [0.15, 0.2) is 0 Å². The van der Waals surface area contributed by atoms with Gasteiger partial charge in [0.2, 0.25) is 0 Å². The summed E-state index contributed by atoms with van der Waals surface area (Å²) in [5.74, 6) is 1.23. The minimum Gasteiger partial charge on any atom is -0.497 e. The largest absolute Gasteiger partial charge is 0.497 e. The predicted octanol–water partition coefficient (Wildman–Crippen LogP) is 8.34. The first-order valence-corrected chi connectivity index (χ1v) is 13.8. The molecule has 7 heteroatoms. The normalized spacial score (nSPS) is 11.8. The van der Waals surface area contributed by atoms with Gasteiger partial charge in [-0.3, -0.25) is 4.98 Å². The molecule has 2 N–H and O–H groups in total. The van der Waals surface area contributed by atoms with Crippen LogP contribution in [-0.2, 0) is 6.54 Å². The number of urea groups is 1. The maximum absolute atomic E-state index is 13.3. The molecule has 0 aliphatic heterocycles. The maximum Gasteiger partial charge on any atom is 0.322 e. The van der Waals surface area contributed by atoms with Crippen LogP contribution in [0.25, 0.3) is 10.9 Å². The molecule has 39 heavy (non-hydrogen) atoms. The SMILES string of the molecule is COc1cc(NC(C)CCCN(Cc2ccc(Cl)cc2)C(=O)Nc2ccc(C(C)C)cc2)c2ncccc2c1. The fourth-order valence-electron chi connectivity index (χ4n) is 4.54. The van der Waals surface area contributed by atoms with Gasteiger partial charge in [0, 0.05) is 47.5 Å². The molecule has 1 aromatic heterocycles. The van der Waals surface area contributed by atoms with Crippen molar-refractivity contribution in [3.8, 4) is 5.75 Å². The third-order valence-electron chi connectivity index (χ3n) is 6.78. The summed E-state index contributed by atoms with van der Waals surface area (Å²) in [5.41, 5.74) is 4.92. The summed E-state index contributed by atoms with van der Waals surface area (Å²) in [6.45, 7) is 7.57. The number of rotatable bonds is 11. The van der Waals surface area contributed by atoms with Crippen LogP contribution in [0.2, 0.25) is 5.02 Å². The molecule has 0 saturated carbocycles. The number of halogens is 1.